The van der Waals surface area contributed by atoms with Crippen LogP contribution in [-0.2, 0) is 0 Å². The molecule has 0 aliphatic carbocycles. The number of rotatable bonds is 3. The fraction of sp³-hybridized carbons (Fsp3) is 0.364. The molecule has 1 aromatic carbocycles. The minimum atomic E-state index is -4.26. The molecule has 0 fully saturated rings. The molecule has 0 aliphatic rings. The summed E-state index contributed by atoms with van der Waals surface area (Å²) in [6.07, 6.45) is -5.31. The van der Waals surface area contributed by atoms with Gasteiger partial charge in [0.25, 0.3) is 5.91 Å². The molecule has 0 saturated heterocycles. The van der Waals surface area contributed by atoms with Crippen LogP contribution < -0.4 is 11.1 Å². The van der Waals surface area contributed by atoms with Gasteiger partial charge < -0.3 is 11.1 Å². The van der Waals surface area contributed by atoms with Crippen LogP contribution in [0.3, 0.4) is 0 Å². The van der Waals surface area contributed by atoms with E-state index in [1.54, 1.807) is 13.0 Å². The molecule has 17 heavy (non-hydrogen) atoms. The van der Waals surface area contributed by atoms with Crippen LogP contribution in [-0.4, -0.2) is 18.6 Å². The van der Waals surface area contributed by atoms with Gasteiger partial charge in [-0.05, 0) is 24.6 Å². The van der Waals surface area contributed by atoms with E-state index in [-0.39, 0.29) is 5.56 Å². The van der Waals surface area contributed by atoms with E-state index in [0.717, 1.165) is 5.56 Å². The third kappa shape index (κ3) is 4.34. The van der Waals surface area contributed by atoms with Gasteiger partial charge in [0.05, 0.1) is 6.42 Å². The highest BCUT2D eigenvalue weighted by Crippen LogP contribution is 2.18. The Morgan fingerprint density at radius 3 is 2.59 bits per heavy atom. The number of carbonyl (C=O) groups is 1. The van der Waals surface area contributed by atoms with Crippen LogP contribution in [0.15, 0.2) is 18.2 Å². The van der Waals surface area contributed by atoms with Gasteiger partial charge in [-0.2, -0.15) is 13.2 Å². The molecule has 1 amide bonds. The van der Waals surface area contributed by atoms with Crippen LogP contribution in [0.5, 0.6) is 0 Å². The maximum Gasteiger partial charge on any atom is 0.390 e. The molecule has 3 N–H and O–H groups in total. The maximum atomic E-state index is 11.9. The van der Waals surface area contributed by atoms with Crippen molar-refractivity contribution in [3.05, 3.63) is 29.3 Å². The summed E-state index contributed by atoms with van der Waals surface area (Å²) >= 11 is 0. The maximum absolute atomic E-state index is 11.9. The number of nitrogen functional groups attached to an aromatic ring is 1. The summed E-state index contributed by atoms with van der Waals surface area (Å²) in [5, 5.41) is 2.19. The lowest BCUT2D eigenvalue weighted by atomic mass is 10.1. The SMILES string of the molecule is Cc1ccc(C(=O)NCCC(F)(F)F)cc1N. The molecule has 1 rings (SSSR count). The van der Waals surface area contributed by atoms with Crippen LogP contribution >= 0.6 is 0 Å². The normalized spacial score (nSPS) is 11.3. The first-order chi connectivity index (χ1) is 7.79. The summed E-state index contributed by atoms with van der Waals surface area (Å²) in [7, 11) is 0. The number of alkyl halides is 3. The number of anilines is 1. The monoisotopic (exact) mass is 246 g/mol. The van der Waals surface area contributed by atoms with E-state index in [0.29, 0.717) is 5.69 Å². The number of benzene rings is 1. The topological polar surface area (TPSA) is 55.1 Å². The number of hydrogen-bond acceptors (Lipinski definition) is 2. The zero-order chi connectivity index (χ0) is 13.1. The quantitative estimate of drug-likeness (QED) is 0.804. The minimum Gasteiger partial charge on any atom is -0.398 e. The van der Waals surface area contributed by atoms with Gasteiger partial charge >= 0.3 is 6.18 Å². The van der Waals surface area contributed by atoms with Crippen molar-refractivity contribution in [1.29, 1.82) is 0 Å². The van der Waals surface area contributed by atoms with Crippen LogP contribution in [0.1, 0.15) is 22.3 Å². The van der Waals surface area contributed by atoms with E-state index in [9.17, 15) is 18.0 Å². The van der Waals surface area contributed by atoms with Crippen molar-refractivity contribution < 1.29 is 18.0 Å². The molecule has 94 valence electrons. The second-order valence-corrected chi connectivity index (χ2v) is 3.69. The number of amides is 1. The molecule has 0 heterocycles. The van der Waals surface area contributed by atoms with Gasteiger partial charge in [0, 0.05) is 17.8 Å². The van der Waals surface area contributed by atoms with Gasteiger partial charge in [0.1, 0.15) is 0 Å². The number of nitrogens with one attached hydrogen (secondary N) is 1. The molecule has 1 aromatic rings. The molecule has 0 aliphatic heterocycles. The zero-order valence-electron chi connectivity index (χ0n) is 9.27. The fourth-order valence-electron chi connectivity index (χ4n) is 1.20. The summed E-state index contributed by atoms with van der Waals surface area (Å²) < 4.78 is 35.6. The molecule has 0 unspecified atom stereocenters. The summed E-state index contributed by atoms with van der Waals surface area (Å²) in [6.45, 7) is 1.34. The van der Waals surface area contributed by atoms with Crippen molar-refractivity contribution >= 4 is 11.6 Å². The van der Waals surface area contributed by atoms with E-state index >= 15 is 0 Å². The third-order valence-corrected chi connectivity index (χ3v) is 2.24. The second-order valence-electron chi connectivity index (χ2n) is 3.69. The highest BCUT2D eigenvalue weighted by atomic mass is 19.4. The zero-order valence-corrected chi connectivity index (χ0v) is 9.27. The Morgan fingerprint density at radius 1 is 1.41 bits per heavy atom. The first-order valence-corrected chi connectivity index (χ1v) is 5.00. The first kappa shape index (κ1) is 13.3. The van der Waals surface area contributed by atoms with E-state index in [1.165, 1.54) is 12.1 Å². The van der Waals surface area contributed by atoms with E-state index in [4.69, 9.17) is 5.73 Å². The van der Waals surface area contributed by atoms with Gasteiger partial charge in [-0.25, -0.2) is 0 Å². The van der Waals surface area contributed by atoms with Crippen molar-refractivity contribution in [3.63, 3.8) is 0 Å². The van der Waals surface area contributed by atoms with Gasteiger partial charge in [0.2, 0.25) is 0 Å². The molecule has 0 saturated carbocycles. The minimum absolute atomic E-state index is 0.260. The van der Waals surface area contributed by atoms with E-state index in [2.05, 4.69) is 5.32 Å². The summed E-state index contributed by atoms with van der Waals surface area (Å²) in [4.78, 5) is 11.5. The second kappa shape index (κ2) is 5.07. The van der Waals surface area contributed by atoms with E-state index < -0.39 is 25.0 Å². The van der Waals surface area contributed by atoms with Crippen molar-refractivity contribution in [1.82, 2.24) is 5.32 Å². The molecule has 0 spiro atoms. The van der Waals surface area contributed by atoms with Gasteiger partial charge in [-0.3, -0.25) is 4.79 Å². The first-order valence-electron chi connectivity index (χ1n) is 5.00. The Morgan fingerprint density at radius 2 is 2.06 bits per heavy atom. The molecule has 3 nitrogen and oxygen atoms in total. The van der Waals surface area contributed by atoms with Crippen molar-refractivity contribution in [2.75, 3.05) is 12.3 Å². The number of carbonyl (C=O) groups excluding carboxylic acids is 1. The Bertz CT molecular complexity index is 416. The molecular formula is C11H13F3N2O. The predicted octanol–water partition coefficient (Wildman–Crippen LogP) is 2.26. The Hall–Kier alpha value is -1.72. The van der Waals surface area contributed by atoms with Crippen molar-refractivity contribution in [2.45, 2.75) is 19.5 Å². The molecule has 0 atom stereocenters. The lowest BCUT2D eigenvalue weighted by Crippen LogP contribution is -2.28. The van der Waals surface area contributed by atoms with Gasteiger partial charge in [0.15, 0.2) is 0 Å². The van der Waals surface area contributed by atoms with Crippen LogP contribution in [0.4, 0.5) is 18.9 Å². The predicted molar refractivity (Wildman–Crippen MR) is 58.6 cm³/mol. The average molecular weight is 246 g/mol. The average Bonchev–Trinajstić information content (AvgIpc) is 2.20. The lowest BCUT2D eigenvalue weighted by Gasteiger charge is -2.08. The molecule has 0 bridgehead atoms. The number of aryl methyl sites for hydroxylation is 1. The smallest absolute Gasteiger partial charge is 0.390 e. The largest absolute Gasteiger partial charge is 0.398 e. The van der Waals surface area contributed by atoms with Gasteiger partial charge in [-0.15, -0.1) is 0 Å². The van der Waals surface area contributed by atoms with Crippen molar-refractivity contribution in [2.24, 2.45) is 0 Å². The highest BCUT2D eigenvalue weighted by molar-refractivity contribution is 5.95. The molecular weight excluding hydrogens is 233 g/mol. The lowest BCUT2D eigenvalue weighted by molar-refractivity contribution is -0.132. The summed E-state index contributed by atoms with van der Waals surface area (Å²) in [6, 6.07) is 4.61. The molecule has 0 aromatic heterocycles. The molecule has 6 heteroatoms. The number of hydrogen-bond donors (Lipinski definition) is 2. The van der Waals surface area contributed by atoms with E-state index in [1.807, 2.05) is 0 Å². The van der Waals surface area contributed by atoms with Crippen LogP contribution in [0.25, 0.3) is 0 Å². The standard InChI is InChI=1S/C11H13F3N2O/c1-7-2-3-8(6-9(7)15)10(17)16-5-4-11(12,13)14/h2-3,6H,4-5,15H2,1H3,(H,16,17). The Balaban J connectivity index is 2.56. The third-order valence-electron chi connectivity index (χ3n) is 2.24. The fourth-order valence-corrected chi connectivity index (χ4v) is 1.20. The summed E-state index contributed by atoms with van der Waals surface area (Å²) in [5.41, 5.74) is 7.11. The number of nitrogens with two attached hydrogens (primary N) is 1. The van der Waals surface area contributed by atoms with Crippen LogP contribution in [0, 0.1) is 6.92 Å². The highest BCUT2D eigenvalue weighted by Gasteiger charge is 2.26. The Labute approximate surface area is 96.8 Å². The van der Waals surface area contributed by atoms with Crippen molar-refractivity contribution in [3.8, 4) is 0 Å². The summed E-state index contributed by atoms with van der Waals surface area (Å²) in [5.74, 6) is -0.555. The number of halogens is 3. The van der Waals surface area contributed by atoms with Crippen LogP contribution in [0.2, 0.25) is 0 Å². The molecule has 0 radical (unpaired) electrons. The Kier molecular flexibility index (Phi) is 3.98. The van der Waals surface area contributed by atoms with Gasteiger partial charge in [-0.1, -0.05) is 6.07 Å².